The second-order valence-electron chi connectivity index (χ2n) is 6.65. The molecule has 0 aromatic heterocycles. The molecule has 2 aromatic rings. The average molecular weight is 421 g/mol. The van der Waals surface area contributed by atoms with Crippen LogP contribution in [0, 0.1) is 6.92 Å². The third-order valence-electron chi connectivity index (χ3n) is 4.24. The Bertz CT molecular complexity index is 870. The normalized spacial score (nSPS) is 12.4. The molecule has 0 aliphatic rings. The Labute approximate surface area is 172 Å². The topological polar surface area (TPSA) is 66.5 Å². The van der Waals surface area contributed by atoms with Crippen LogP contribution in [0.5, 0.6) is 0 Å². The Balaban J connectivity index is 1.97. The van der Waals surface area contributed by atoms with Crippen molar-refractivity contribution in [2.24, 2.45) is 0 Å². The largest absolute Gasteiger partial charge is 0.353 e. The first-order valence-corrected chi connectivity index (χ1v) is 12.3. The quantitative estimate of drug-likeness (QED) is 0.597. The summed E-state index contributed by atoms with van der Waals surface area (Å²) in [5.74, 6) is 1.38. The molecule has 0 aliphatic heterocycles. The zero-order valence-corrected chi connectivity index (χ0v) is 18.2. The number of rotatable bonds is 10. The van der Waals surface area contributed by atoms with Gasteiger partial charge in [-0.25, -0.2) is 8.42 Å². The molecule has 0 aliphatic carbocycles. The van der Waals surface area contributed by atoms with E-state index in [2.05, 4.69) is 17.4 Å². The smallest absolute Gasteiger partial charge is 0.243 e. The van der Waals surface area contributed by atoms with Gasteiger partial charge in [0.1, 0.15) is 6.04 Å². The summed E-state index contributed by atoms with van der Waals surface area (Å²) in [4.78, 5) is 12.7. The molecule has 0 fully saturated rings. The highest BCUT2D eigenvalue weighted by molar-refractivity contribution is 7.98. The lowest BCUT2D eigenvalue weighted by molar-refractivity contribution is -0.122. The second kappa shape index (κ2) is 10.5. The van der Waals surface area contributed by atoms with Crippen LogP contribution in [0.15, 0.2) is 54.6 Å². The molecule has 1 amide bonds. The van der Waals surface area contributed by atoms with E-state index in [0.29, 0.717) is 18.7 Å². The third-order valence-corrected chi connectivity index (χ3v) is 6.45. The van der Waals surface area contributed by atoms with Crippen LogP contribution in [0.2, 0.25) is 0 Å². The molecule has 28 heavy (non-hydrogen) atoms. The summed E-state index contributed by atoms with van der Waals surface area (Å²) >= 11 is 1.73. The number of carbonyl (C=O) groups is 1. The molecule has 0 saturated heterocycles. The Morgan fingerprint density at radius 3 is 2.46 bits per heavy atom. The van der Waals surface area contributed by atoms with Gasteiger partial charge in [-0.3, -0.25) is 9.10 Å². The lowest BCUT2D eigenvalue weighted by Crippen LogP contribution is -2.49. The number of anilines is 1. The van der Waals surface area contributed by atoms with Crippen molar-refractivity contribution >= 4 is 33.4 Å². The van der Waals surface area contributed by atoms with Gasteiger partial charge in [-0.1, -0.05) is 49.4 Å². The Hall–Kier alpha value is -1.99. The molecule has 2 aromatic carbocycles. The van der Waals surface area contributed by atoms with Crippen molar-refractivity contribution in [3.8, 4) is 0 Å². The van der Waals surface area contributed by atoms with E-state index in [9.17, 15) is 13.2 Å². The average Bonchev–Trinajstić information content (AvgIpc) is 2.65. The summed E-state index contributed by atoms with van der Waals surface area (Å²) in [6.07, 6.45) is 1.53. The molecule has 1 atom stereocenters. The first-order chi connectivity index (χ1) is 13.3. The highest BCUT2D eigenvalue weighted by Gasteiger charge is 2.31. The van der Waals surface area contributed by atoms with Crippen molar-refractivity contribution in [3.05, 3.63) is 65.7 Å². The second-order valence-corrected chi connectivity index (χ2v) is 9.62. The molecule has 5 nitrogen and oxygen atoms in total. The number of sulfonamides is 1. The van der Waals surface area contributed by atoms with Crippen molar-refractivity contribution in [3.63, 3.8) is 0 Å². The van der Waals surface area contributed by atoms with Gasteiger partial charge in [0.15, 0.2) is 0 Å². The van der Waals surface area contributed by atoms with E-state index in [0.717, 1.165) is 23.3 Å². The maximum Gasteiger partial charge on any atom is 0.243 e. The predicted molar refractivity (Wildman–Crippen MR) is 118 cm³/mol. The minimum Gasteiger partial charge on any atom is -0.353 e. The van der Waals surface area contributed by atoms with E-state index in [4.69, 9.17) is 0 Å². The van der Waals surface area contributed by atoms with E-state index in [-0.39, 0.29) is 5.91 Å². The molecule has 2 rings (SSSR count). The molecule has 0 spiro atoms. The Morgan fingerprint density at radius 1 is 1.14 bits per heavy atom. The molecule has 1 N–H and O–H groups in total. The molecule has 0 heterocycles. The van der Waals surface area contributed by atoms with Crippen LogP contribution in [-0.2, 0) is 20.6 Å². The van der Waals surface area contributed by atoms with Crippen molar-refractivity contribution in [2.45, 2.75) is 32.1 Å². The Morgan fingerprint density at radius 2 is 1.86 bits per heavy atom. The zero-order chi connectivity index (χ0) is 20.6. The van der Waals surface area contributed by atoms with Crippen molar-refractivity contribution in [1.29, 1.82) is 0 Å². The van der Waals surface area contributed by atoms with Crippen LogP contribution in [0.1, 0.15) is 24.5 Å². The fourth-order valence-electron chi connectivity index (χ4n) is 2.95. The van der Waals surface area contributed by atoms with Crippen LogP contribution in [0.4, 0.5) is 5.69 Å². The minimum atomic E-state index is -3.60. The summed E-state index contributed by atoms with van der Waals surface area (Å²) in [7, 11) is -3.60. The number of amides is 1. The number of nitrogens with zero attached hydrogens (tertiary/aromatic N) is 1. The van der Waals surface area contributed by atoms with E-state index >= 15 is 0 Å². The lowest BCUT2D eigenvalue weighted by atomic mass is 10.1. The number of carbonyl (C=O) groups excluding carboxylic acids is 1. The SMILES string of the molecule is CC[C@H](C(=O)NCCSCc1ccccc1)N(c1cccc(C)c1)S(C)(=O)=O. The van der Waals surface area contributed by atoms with Gasteiger partial charge in [-0.15, -0.1) is 0 Å². The number of hydrogen-bond donors (Lipinski definition) is 1. The van der Waals surface area contributed by atoms with Gasteiger partial charge in [0.2, 0.25) is 15.9 Å². The Kier molecular flexibility index (Phi) is 8.38. The number of hydrogen-bond acceptors (Lipinski definition) is 4. The van der Waals surface area contributed by atoms with E-state index in [1.54, 1.807) is 30.0 Å². The summed E-state index contributed by atoms with van der Waals surface area (Å²) in [5.41, 5.74) is 2.70. The van der Waals surface area contributed by atoms with Crippen LogP contribution < -0.4 is 9.62 Å². The fraction of sp³-hybridized carbons (Fsp3) is 0.381. The third kappa shape index (κ3) is 6.56. The van der Waals surface area contributed by atoms with Crippen molar-refractivity contribution in [2.75, 3.05) is 22.9 Å². The lowest BCUT2D eigenvalue weighted by Gasteiger charge is -2.30. The standard InChI is InChI=1S/C21H28N2O3S2/c1-4-20(23(28(3,25)26)19-12-8-9-17(2)15-19)21(24)22-13-14-27-16-18-10-6-5-7-11-18/h5-12,15,20H,4,13-14,16H2,1-3H3,(H,22,24)/t20-/m1/s1. The van der Waals surface area contributed by atoms with Crippen molar-refractivity contribution in [1.82, 2.24) is 5.32 Å². The summed E-state index contributed by atoms with van der Waals surface area (Å²) < 4.78 is 26.1. The van der Waals surface area contributed by atoms with Gasteiger partial charge in [0.25, 0.3) is 0 Å². The van der Waals surface area contributed by atoms with Crippen LogP contribution in [0.25, 0.3) is 0 Å². The minimum absolute atomic E-state index is 0.269. The zero-order valence-electron chi connectivity index (χ0n) is 16.6. The van der Waals surface area contributed by atoms with E-state index < -0.39 is 16.1 Å². The van der Waals surface area contributed by atoms with Gasteiger partial charge in [-0.05, 0) is 36.6 Å². The molecule has 0 radical (unpaired) electrons. The summed E-state index contributed by atoms with van der Waals surface area (Å²) in [6.45, 7) is 4.22. The first kappa shape index (κ1) is 22.3. The molecular weight excluding hydrogens is 392 g/mol. The van der Waals surface area contributed by atoms with Gasteiger partial charge in [-0.2, -0.15) is 11.8 Å². The van der Waals surface area contributed by atoms with Crippen LogP contribution >= 0.6 is 11.8 Å². The number of benzene rings is 2. The molecule has 0 bridgehead atoms. The summed E-state index contributed by atoms with van der Waals surface area (Å²) in [6, 6.07) is 16.6. The van der Waals surface area contributed by atoms with Crippen molar-refractivity contribution < 1.29 is 13.2 Å². The van der Waals surface area contributed by atoms with Gasteiger partial charge in [0.05, 0.1) is 11.9 Å². The molecule has 0 saturated carbocycles. The van der Waals surface area contributed by atoms with Gasteiger partial charge >= 0.3 is 0 Å². The van der Waals surface area contributed by atoms with Crippen LogP contribution in [0.3, 0.4) is 0 Å². The van der Waals surface area contributed by atoms with E-state index in [1.807, 2.05) is 38.1 Å². The number of thioether (sulfide) groups is 1. The van der Waals surface area contributed by atoms with Crippen LogP contribution in [-0.4, -0.2) is 38.9 Å². The fourth-order valence-corrected chi connectivity index (χ4v) is 4.98. The molecular formula is C21H28N2O3S2. The maximum absolute atomic E-state index is 12.7. The summed E-state index contributed by atoms with van der Waals surface area (Å²) in [5, 5.41) is 2.89. The molecule has 0 unspecified atom stereocenters. The maximum atomic E-state index is 12.7. The van der Waals surface area contributed by atoms with Gasteiger partial charge in [0, 0.05) is 18.1 Å². The molecule has 152 valence electrons. The number of aryl methyl sites for hydroxylation is 1. The first-order valence-electron chi connectivity index (χ1n) is 9.28. The highest BCUT2D eigenvalue weighted by atomic mass is 32.2. The molecule has 7 heteroatoms. The highest BCUT2D eigenvalue weighted by Crippen LogP contribution is 2.23. The number of nitrogens with one attached hydrogen (secondary N) is 1. The van der Waals surface area contributed by atoms with Gasteiger partial charge < -0.3 is 5.32 Å². The van der Waals surface area contributed by atoms with E-state index in [1.165, 1.54) is 9.87 Å². The predicted octanol–water partition coefficient (Wildman–Crippen LogP) is 3.59. The monoisotopic (exact) mass is 420 g/mol.